The van der Waals surface area contributed by atoms with Crippen molar-refractivity contribution in [2.24, 2.45) is 0 Å². The number of hydrogen-bond acceptors (Lipinski definition) is 3. The first-order valence-corrected chi connectivity index (χ1v) is 9.06. The number of halogens is 2. The molecule has 3 rings (SSSR count). The molecule has 5 heteroatoms. The molecule has 1 atom stereocenters. The Morgan fingerprint density at radius 1 is 0.920 bits per heavy atom. The van der Waals surface area contributed by atoms with Crippen LogP contribution in [-0.4, -0.2) is 5.11 Å². The lowest BCUT2D eigenvalue weighted by Crippen LogP contribution is -2.24. The summed E-state index contributed by atoms with van der Waals surface area (Å²) in [5, 5.41) is 29.9. The van der Waals surface area contributed by atoms with Crippen molar-refractivity contribution in [2.45, 2.75) is 12.0 Å². The Hall–Kier alpha value is -2.18. The van der Waals surface area contributed by atoms with Crippen LogP contribution in [0.15, 0.2) is 74.7 Å². The summed E-state index contributed by atoms with van der Waals surface area (Å²) in [4.78, 5) is 0. The minimum absolute atomic E-state index is 0.0302. The van der Waals surface area contributed by atoms with Crippen molar-refractivity contribution in [1.82, 2.24) is 0 Å². The van der Waals surface area contributed by atoms with E-state index in [0.29, 0.717) is 11.1 Å². The van der Waals surface area contributed by atoms with Gasteiger partial charge in [0.25, 0.3) is 0 Å². The third-order valence-electron chi connectivity index (χ3n) is 4.23. The van der Waals surface area contributed by atoms with Gasteiger partial charge in [-0.05, 0) is 52.6 Å². The van der Waals surface area contributed by atoms with Gasteiger partial charge in [0.1, 0.15) is 23.3 Å². The molecule has 0 saturated heterocycles. The van der Waals surface area contributed by atoms with Gasteiger partial charge in [-0.15, -0.1) is 0 Å². The number of nitriles is 2. The highest BCUT2D eigenvalue weighted by Crippen LogP contribution is 2.48. The summed E-state index contributed by atoms with van der Waals surface area (Å²) >= 11 is 6.81. The zero-order valence-electron chi connectivity index (χ0n) is 13.0. The van der Waals surface area contributed by atoms with Gasteiger partial charge in [-0.25, -0.2) is 0 Å². The van der Waals surface area contributed by atoms with Gasteiger partial charge in [-0.3, -0.25) is 0 Å². The molecule has 1 unspecified atom stereocenters. The van der Waals surface area contributed by atoms with Crippen molar-refractivity contribution in [3.8, 4) is 12.1 Å². The number of benzene rings is 2. The van der Waals surface area contributed by atoms with E-state index < -0.39 is 5.60 Å². The van der Waals surface area contributed by atoms with Crippen LogP contribution in [0.25, 0.3) is 5.57 Å². The van der Waals surface area contributed by atoms with Crippen molar-refractivity contribution in [3.63, 3.8) is 0 Å². The fourth-order valence-corrected chi connectivity index (χ4v) is 3.51. The Morgan fingerprint density at radius 3 is 1.96 bits per heavy atom. The smallest absolute Gasteiger partial charge is 0.133 e. The molecule has 1 aliphatic rings. The van der Waals surface area contributed by atoms with Gasteiger partial charge in [-0.2, -0.15) is 10.5 Å². The Kier molecular flexibility index (Phi) is 4.92. The molecule has 0 saturated carbocycles. The first-order chi connectivity index (χ1) is 12.0. The third-order valence-corrected chi connectivity index (χ3v) is 5.29. The number of aliphatic hydroxyl groups is 1. The fraction of sp³-hybridized carbons (Fsp3) is 0.100. The summed E-state index contributed by atoms with van der Waals surface area (Å²) in [6.07, 6.45) is 1.95. The quantitative estimate of drug-likeness (QED) is 0.630. The van der Waals surface area contributed by atoms with Crippen molar-refractivity contribution in [2.75, 3.05) is 0 Å². The average Bonchev–Trinajstić information content (AvgIpc) is 2.96. The predicted octanol–water partition coefficient (Wildman–Crippen LogP) is 5.23. The van der Waals surface area contributed by atoms with Crippen molar-refractivity contribution < 1.29 is 5.11 Å². The number of allylic oxidation sites excluding steroid dienone is 2. The van der Waals surface area contributed by atoms with Gasteiger partial charge in [-0.1, -0.05) is 56.1 Å². The SMILES string of the molecule is N#CC(C#N)=C1C=C(c2ccc(Br)cc2)C(O)(c2ccc(Br)cc2)C1. The largest absolute Gasteiger partial charge is 0.380 e. The Morgan fingerprint density at radius 2 is 1.44 bits per heavy atom. The average molecular weight is 456 g/mol. The van der Waals surface area contributed by atoms with E-state index in [4.69, 9.17) is 0 Å². The molecule has 0 amide bonds. The second kappa shape index (κ2) is 6.98. The molecule has 2 aromatic rings. The van der Waals surface area contributed by atoms with Crippen LogP contribution in [0.5, 0.6) is 0 Å². The minimum Gasteiger partial charge on any atom is -0.380 e. The molecule has 1 N–H and O–H groups in total. The molecule has 0 bridgehead atoms. The lowest BCUT2D eigenvalue weighted by Gasteiger charge is -2.27. The molecule has 25 heavy (non-hydrogen) atoms. The standard InChI is InChI=1S/C20H12Br2N2O/c21-17-5-1-13(2-6-17)19-9-14(15(11-23)12-24)10-20(19,25)16-3-7-18(22)8-4-16/h1-9,25H,10H2. The molecular formula is C20H12Br2N2O. The van der Waals surface area contributed by atoms with E-state index >= 15 is 0 Å². The van der Waals surface area contributed by atoms with Gasteiger partial charge in [0.05, 0.1) is 0 Å². The van der Waals surface area contributed by atoms with E-state index in [-0.39, 0.29) is 12.0 Å². The van der Waals surface area contributed by atoms with E-state index in [2.05, 4.69) is 31.9 Å². The van der Waals surface area contributed by atoms with Crippen molar-refractivity contribution in [1.29, 1.82) is 10.5 Å². The van der Waals surface area contributed by atoms with Crippen LogP contribution in [0.3, 0.4) is 0 Å². The summed E-state index contributed by atoms with van der Waals surface area (Å²) in [5.74, 6) is 0. The molecule has 0 aliphatic heterocycles. The first kappa shape index (κ1) is 17.6. The van der Waals surface area contributed by atoms with Crippen LogP contribution in [0, 0.1) is 22.7 Å². The second-order valence-electron chi connectivity index (χ2n) is 5.73. The van der Waals surface area contributed by atoms with E-state index in [1.807, 2.05) is 60.7 Å². The molecule has 0 fully saturated rings. The monoisotopic (exact) mass is 454 g/mol. The van der Waals surface area contributed by atoms with E-state index in [0.717, 1.165) is 20.1 Å². The molecule has 2 aromatic carbocycles. The highest BCUT2D eigenvalue weighted by molar-refractivity contribution is 9.10. The maximum atomic E-state index is 11.5. The van der Waals surface area contributed by atoms with Crippen LogP contribution in [0.4, 0.5) is 0 Å². The summed E-state index contributed by atoms with van der Waals surface area (Å²) in [6.45, 7) is 0. The van der Waals surface area contributed by atoms with Crippen LogP contribution < -0.4 is 0 Å². The van der Waals surface area contributed by atoms with Crippen LogP contribution in [0.2, 0.25) is 0 Å². The van der Waals surface area contributed by atoms with Gasteiger partial charge in [0.2, 0.25) is 0 Å². The molecular weight excluding hydrogens is 444 g/mol. The zero-order valence-corrected chi connectivity index (χ0v) is 16.2. The first-order valence-electron chi connectivity index (χ1n) is 7.48. The summed E-state index contributed by atoms with van der Waals surface area (Å²) in [5.41, 5.74) is 1.54. The molecule has 3 nitrogen and oxygen atoms in total. The highest BCUT2D eigenvalue weighted by atomic mass is 79.9. The van der Waals surface area contributed by atoms with Gasteiger partial charge in [0, 0.05) is 15.4 Å². The number of nitrogens with zero attached hydrogens (tertiary/aromatic N) is 2. The second-order valence-corrected chi connectivity index (χ2v) is 7.56. The van der Waals surface area contributed by atoms with Gasteiger partial charge < -0.3 is 5.11 Å². The Labute approximate surface area is 162 Å². The molecule has 0 spiro atoms. The van der Waals surface area contributed by atoms with Gasteiger partial charge in [0.15, 0.2) is 0 Å². The van der Waals surface area contributed by atoms with E-state index in [1.165, 1.54) is 0 Å². The van der Waals surface area contributed by atoms with Crippen LogP contribution >= 0.6 is 31.9 Å². The van der Waals surface area contributed by atoms with Gasteiger partial charge >= 0.3 is 0 Å². The maximum Gasteiger partial charge on any atom is 0.133 e. The summed E-state index contributed by atoms with van der Waals surface area (Å²) < 4.78 is 1.85. The molecule has 0 heterocycles. The molecule has 1 aliphatic carbocycles. The lowest BCUT2D eigenvalue weighted by atomic mass is 9.83. The maximum absolute atomic E-state index is 11.5. The van der Waals surface area contributed by atoms with E-state index in [9.17, 15) is 15.6 Å². The molecule has 122 valence electrons. The molecule has 0 aromatic heterocycles. The van der Waals surface area contributed by atoms with Crippen LogP contribution in [-0.2, 0) is 5.60 Å². The highest BCUT2D eigenvalue weighted by Gasteiger charge is 2.40. The van der Waals surface area contributed by atoms with E-state index in [1.54, 1.807) is 6.08 Å². The number of hydrogen-bond donors (Lipinski definition) is 1. The zero-order chi connectivity index (χ0) is 18.0. The minimum atomic E-state index is -1.29. The van der Waals surface area contributed by atoms with Crippen LogP contribution in [0.1, 0.15) is 17.5 Å². The Balaban J connectivity index is 2.20. The molecule has 0 radical (unpaired) electrons. The number of rotatable bonds is 2. The summed E-state index contributed by atoms with van der Waals surface area (Å²) in [7, 11) is 0. The summed E-state index contributed by atoms with van der Waals surface area (Å²) in [6, 6.07) is 18.9. The van der Waals surface area contributed by atoms with Crippen molar-refractivity contribution in [3.05, 3.63) is 85.8 Å². The Bertz CT molecular complexity index is 945. The van der Waals surface area contributed by atoms with Crippen molar-refractivity contribution >= 4 is 37.4 Å². The predicted molar refractivity (Wildman–Crippen MR) is 103 cm³/mol. The topological polar surface area (TPSA) is 67.8 Å². The lowest BCUT2D eigenvalue weighted by molar-refractivity contribution is 0.107. The third kappa shape index (κ3) is 3.32. The normalized spacial score (nSPS) is 19.1. The fourth-order valence-electron chi connectivity index (χ4n) is 2.98.